The van der Waals surface area contributed by atoms with Crippen molar-refractivity contribution in [3.63, 3.8) is 0 Å². The van der Waals surface area contributed by atoms with E-state index in [0.29, 0.717) is 12.2 Å². The summed E-state index contributed by atoms with van der Waals surface area (Å²) in [7, 11) is 1.64. The normalized spacial score (nSPS) is 27.9. The number of hydrogen-bond donors (Lipinski definition) is 0. The highest BCUT2D eigenvalue weighted by atomic mass is 19.1. The first-order chi connectivity index (χ1) is 7.44. The van der Waals surface area contributed by atoms with E-state index in [-0.39, 0.29) is 11.9 Å². The lowest BCUT2D eigenvalue weighted by Crippen LogP contribution is -2.31. The van der Waals surface area contributed by atoms with Gasteiger partial charge in [0.25, 0.3) is 0 Å². The Bertz CT molecular complexity index is 402. The summed E-state index contributed by atoms with van der Waals surface area (Å²) in [6, 6.07) is 0. The molecular formula is C13H17FO2. The van der Waals surface area contributed by atoms with Crippen LogP contribution in [0.1, 0.15) is 27.2 Å². The average molecular weight is 224 g/mol. The van der Waals surface area contributed by atoms with Gasteiger partial charge in [-0.25, -0.2) is 4.39 Å². The molecule has 0 unspecified atom stereocenters. The van der Waals surface area contributed by atoms with Gasteiger partial charge in [-0.1, -0.05) is 0 Å². The first kappa shape index (κ1) is 11.4. The molecule has 1 aliphatic heterocycles. The van der Waals surface area contributed by atoms with Gasteiger partial charge in [0, 0.05) is 12.7 Å². The minimum absolute atomic E-state index is 0.0955. The fourth-order valence-electron chi connectivity index (χ4n) is 2.34. The predicted molar refractivity (Wildman–Crippen MR) is 60.6 cm³/mol. The van der Waals surface area contributed by atoms with E-state index in [1.54, 1.807) is 7.11 Å². The van der Waals surface area contributed by atoms with E-state index >= 15 is 0 Å². The first-order valence-electron chi connectivity index (χ1n) is 5.46. The molecule has 0 saturated heterocycles. The van der Waals surface area contributed by atoms with Crippen molar-refractivity contribution in [2.24, 2.45) is 0 Å². The lowest BCUT2D eigenvalue weighted by Gasteiger charge is -2.35. The van der Waals surface area contributed by atoms with E-state index in [9.17, 15) is 4.39 Å². The minimum Gasteiger partial charge on any atom is -0.480 e. The number of allylic oxidation sites excluding steroid dienone is 1. The monoisotopic (exact) mass is 224 g/mol. The highest BCUT2D eigenvalue weighted by Crippen LogP contribution is 2.40. The van der Waals surface area contributed by atoms with Crippen molar-refractivity contribution in [1.29, 1.82) is 0 Å². The summed E-state index contributed by atoms with van der Waals surface area (Å²) in [5.74, 6) is 0.0759. The van der Waals surface area contributed by atoms with Crippen LogP contribution in [-0.4, -0.2) is 18.8 Å². The molecule has 1 aliphatic carbocycles. The molecule has 0 fully saturated rings. The summed E-state index contributed by atoms with van der Waals surface area (Å²) in [6.07, 6.45) is 4.01. The van der Waals surface area contributed by atoms with Gasteiger partial charge in [-0.2, -0.15) is 0 Å². The zero-order chi connectivity index (χ0) is 11.9. The summed E-state index contributed by atoms with van der Waals surface area (Å²) in [5, 5.41) is 0. The number of hydrogen-bond acceptors (Lipinski definition) is 2. The van der Waals surface area contributed by atoms with Gasteiger partial charge in [-0.3, -0.25) is 0 Å². The molecule has 16 heavy (non-hydrogen) atoms. The van der Waals surface area contributed by atoms with Gasteiger partial charge in [0.1, 0.15) is 5.60 Å². The Morgan fingerprint density at radius 1 is 1.50 bits per heavy atom. The molecule has 2 aliphatic rings. The smallest absolute Gasteiger partial charge is 0.161 e. The van der Waals surface area contributed by atoms with Gasteiger partial charge < -0.3 is 9.47 Å². The Hall–Kier alpha value is -1.09. The van der Waals surface area contributed by atoms with Crippen molar-refractivity contribution in [3.05, 3.63) is 34.9 Å². The molecule has 0 aromatic carbocycles. The standard InChI is InChI=1S/C13H17FO2/c1-8-7-13(2,3)16-12-9(14)5-6-10(15-4)11(8)12/h5,7,10H,6H2,1-4H3/t10-/m1/s1. The predicted octanol–water partition coefficient (Wildman–Crippen LogP) is 3.27. The largest absolute Gasteiger partial charge is 0.480 e. The molecule has 2 rings (SSSR count). The van der Waals surface area contributed by atoms with Crippen LogP contribution in [0.2, 0.25) is 0 Å². The van der Waals surface area contributed by atoms with Crippen LogP contribution in [0.5, 0.6) is 0 Å². The Kier molecular flexibility index (Phi) is 2.66. The molecule has 1 atom stereocenters. The highest BCUT2D eigenvalue weighted by molar-refractivity contribution is 5.47. The third-order valence-corrected chi connectivity index (χ3v) is 2.93. The molecule has 0 aromatic rings. The molecule has 0 N–H and O–H groups in total. The van der Waals surface area contributed by atoms with E-state index in [0.717, 1.165) is 11.1 Å². The fourth-order valence-corrected chi connectivity index (χ4v) is 2.34. The van der Waals surface area contributed by atoms with Crippen molar-refractivity contribution >= 4 is 0 Å². The zero-order valence-electron chi connectivity index (χ0n) is 10.1. The SMILES string of the molecule is CO[C@@H]1CC=C(F)C2=C1C(C)=CC(C)(C)O2. The van der Waals surface area contributed by atoms with Crippen LogP contribution in [0.4, 0.5) is 4.39 Å². The summed E-state index contributed by atoms with van der Waals surface area (Å²) < 4.78 is 24.8. The van der Waals surface area contributed by atoms with Gasteiger partial charge in [0.15, 0.2) is 11.6 Å². The van der Waals surface area contributed by atoms with Crippen molar-refractivity contribution in [3.8, 4) is 0 Å². The molecule has 0 amide bonds. The summed E-state index contributed by atoms with van der Waals surface area (Å²) in [5.41, 5.74) is 1.44. The molecular weight excluding hydrogens is 207 g/mol. The van der Waals surface area contributed by atoms with Crippen LogP contribution in [0, 0.1) is 0 Å². The summed E-state index contributed by atoms with van der Waals surface area (Å²) in [4.78, 5) is 0. The maximum absolute atomic E-state index is 13.7. The van der Waals surface area contributed by atoms with E-state index in [4.69, 9.17) is 9.47 Å². The molecule has 2 nitrogen and oxygen atoms in total. The molecule has 1 heterocycles. The highest BCUT2D eigenvalue weighted by Gasteiger charge is 2.34. The number of rotatable bonds is 1. The topological polar surface area (TPSA) is 18.5 Å². The molecule has 0 bridgehead atoms. The lowest BCUT2D eigenvalue weighted by atomic mass is 9.88. The minimum atomic E-state index is -0.455. The van der Waals surface area contributed by atoms with Gasteiger partial charge in [0.05, 0.1) is 6.10 Å². The number of methoxy groups -OCH3 is 1. The molecule has 0 saturated carbocycles. The second kappa shape index (κ2) is 3.74. The zero-order valence-corrected chi connectivity index (χ0v) is 10.1. The fraction of sp³-hybridized carbons (Fsp3) is 0.538. The van der Waals surface area contributed by atoms with Crippen molar-refractivity contribution in [2.75, 3.05) is 7.11 Å². The average Bonchev–Trinajstić information content (AvgIpc) is 2.18. The van der Waals surface area contributed by atoms with Gasteiger partial charge >= 0.3 is 0 Å². The maximum Gasteiger partial charge on any atom is 0.161 e. The van der Waals surface area contributed by atoms with Crippen molar-refractivity contribution < 1.29 is 13.9 Å². The Morgan fingerprint density at radius 2 is 2.19 bits per heavy atom. The number of ether oxygens (including phenoxy) is 2. The maximum atomic E-state index is 13.7. The molecule has 0 radical (unpaired) electrons. The second-order valence-electron chi connectivity index (χ2n) is 4.79. The van der Waals surface area contributed by atoms with Crippen LogP contribution in [0.15, 0.2) is 34.9 Å². The summed E-state index contributed by atoms with van der Waals surface area (Å²) >= 11 is 0. The van der Waals surface area contributed by atoms with Crippen LogP contribution in [0.3, 0.4) is 0 Å². The molecule has 0 spiro atoms. The van der Waals surface area contributed by atoms with Crippen LogP contribution < -0.4 is 0 Å². The van der Waals surface area contributed by atoms with Crippen LogP contribution >= 0.6 is 0 Å². The molecule has 88 valence electrons. The Labute approximate surface area is 95.4 Å². The van der Waals surface area contributed by atoms with Crippen molar-refractivity contribution in [1.82, 2.24) is 0 Å². The van der Waals surface area contributed by atoms with Crippen LogP contribution in [0.25, 0.3) is 0 Å². The van der Waals surface area contributed by atoms with Gasteiger partial charge in [-0.05, 0) is 44.9 Å². The quantitative estimate of drug-likeness (QED) is 0.680. The Balaban J connectivity index is 2.48. The van der Waals surface area contributed by atoms with Gasteiger partial charge in [-0.15, -0.1) is 0 Å². The Morgan fingerprint density at radius 3 is 2.81 bits per heavy atom. The third kappa shape index (κ3) is 1.80. The molecule has 0 aromatic heterocycles. The summed E-state index contributed by atoms with van der Waals surface area (Å²) in [6.45, 7) is 5.82. The van der Waals surface area contributed by atoms with E-state index in [2.05, 4.69) is 0 Å². The van der Waals surface area contributed by atoms with Gasteiger partial charge in [0.2, 0.25) is 0 Å². The first-order valence-corrected chi connectivity index (χ1v) is 5.46. The van der Waals surface area contributed by atoms with E-state index < -0.39 is 5.60 Å². The van der Waals surface area contributed by atoms with E-state index in [1.807, 2.05) is 26.8 Å². The van der Waals surface area contributed by atoms with E-state index in [1.165, 1.54) is 6.08 Å². The lowest BCUT2D eigenvalue weighted by molar-refractivity contribution is 0.0548. The number of halogens is 1. The van der Waals surface area contributed by atoms with Crippen LogP contribution in [-0.2, 0) is 9.47 Å². The molecule has 3 heteroatoms. The van der Waals surface area contributed by atoms with Crippen molar-refractivity contribution in [2.45, 2.75) is 38.9 Å². The second-order valence-corrected chi connectivity index (χ2v) is 4.79. The third-order valence-electron chi connectivity index (χ3n) is 2.93.